The van der Waals surface area contributed by atoms with Crippen molar-refractivity contribution in [1.82, 2.24) is 10.3 Å². The molecule has 0 saturated heterocycles. The Labute approximate surface area is 121 Å². The molecule has 106 valence electrons. The van der Waals surface area contributed by atoms with Crippen LogP contribution in [0.15, 0.2) is 30.5 Å². The molecule has 1 aromatic carbocycles. The fraction of sp³-hybridized carbons (Fsp3) is 0.471. The van der Waals surface area contributed by atoms with Gasteiger partial charge in [-0.2, -0.15) is 0 Å². The predicted octanol–water partition coefficient (Wildman–Crippen LogP) is 3.33. The lowest BCUT2D eigenvalue weighted by Crippen LogP contribution is -2.20. The Kier molecular flexibility index (Phi) is 3.88. The molecule has 1 aromatic heterocycles. The molecule has 0 unspecified atom stereocenters. The maximum atomic E-state index is 4.71. The van der Waals surface area contributed by atoms with Gasteiger partial charge in [0.2, 0.25) is 0 Å². The van der Waals surface area contributed by atoms with Gasteiger partial charge in [0.05, 0.1) is 0 Å². The van der Waals surface area contributed by atoms with E-state index in [1.807, 2.05) is 6.20 Å². The predicted molar refractivity (Wildman–Crippen MR) is 85.2 cm³/mol. The number of rotatable bonds is 6. The smallest absolute Gasteiger partial charge is 0.136 e. The number of nitrogens with one attached hydrogen (secondary N) is 1. The van der Waals surface area contributed by atoms with Crippen molar-refractivity contribution in [2.45, 2.75) is 38.8 Å². The van der Waals surface area contributed by atoms with Crippen LogP contribution in [0, 0.1) is 0 Å². The van der Waals surface area contributed by atoms with Crippen molar-refractivity contribution in [1.29, 1.82) is 0 Å². The van der Waals surface area contributed by atoms with E-state index < -0.39 is 0 Å². The minimum Gasteiger partial charge on any atom is -0.359 e. The Morgan fingerprint density at radius 1 is 1.25 bits per heavy atom. The fourth-order valence-electron chi connectivity index (χ4n) is 2.66. The summed E-state index contributed by atoms with van der Waals surface area (Å²) in [7, 11) is 2.13. The molecule has 3 heteroatoms. The second kappa shape index (κ2) is 5.80. The van der Waals surface area contributed by atoms with E-state index in [1.54, 1.807) is 0 Å². The molecule has 1 aliphatic rings. The summed E-state index contributed by atoms with van der Waals surface area (Å²) in [5.41, 5.74) is 1.31. The number of benzene rings is 1. The van der Waals surface area contributed by atoms with E-state index in [4.69, 9.17) is 4.98 Å². The number of fused-ring (bicyclic) bond motifs is 1. The second-order valence-corrected chi connectivity index (χ2v) is 5.73. The monoisotopic (exact) mass is 269 g/mol. The molecule has 0 aliphatic heterocycles. The van der Waals surface area contributed by atoms with E-state index in [1.165, 1.54) is 29.2 Å². The Balaban J connectivity index is 1.95. The highest BCUT2D eigenvalue weighted by atomic mass is 15.2. The van der Waals surface area contributed by atoms with E-state index >= 15 is 0 Å². The third-order valence-electron chi connectivity index (χ3n) is 3.94. The molecule has 1 saturated carbocycles. The van der Waals surface area contributed by atoms with Crippen LogP contribution in [-0.4, -0.2) is 24.6 Å². The zero-order chi connectivity index (χ0) is 13.9. The van der Waals surface area contributed by atoms with Crippen LogP contribution < -0.4 is 10.2 Å². The fourth-order valence-corrected chi connectivity index (χ4v) is 2.66. The van der Waals surface area contributed by atoms with Crippen LogP contribution in [0.2, 0.25) is 0 Å². The first kappa shape index (κ1) is 13.4. The molecule has 0 amide bonds. The normalized spacial score (nSPS) is 14.7. The first-order chi connectivity index (χ1) is 9.79. The van der Waals surface area contributed by atoms with Crippen molar-refractivity contribution in [2.75, 3.05) is 18.5 Å². The van der Waals surface area contributed by atoms with E-state index in [2.05, 4.69) is 48.5 Å². The van der Waals surface area contributed by atoms with Gasteiger partial charge >= 0.3 is 0 Å². The van der Waals surface area contributed by atoms with Crippen molar-refractivity contribution in [2.24, 2.45) is 0 Å². The van der Waals surface area contributed by atoms with Gasteiger partial charge in [0.25, 0.3) is 0 Å². The van der Waals surface area contributed by atoms with Crippen molar-refractivity contribution < 1.29 is 0 Å². The minimum absolute atomic E-state index is 0.733. The van der Waals surface area contributed by atoms with Gasteiger partial charge in [0.1, 0.15) is 5.82 Å². The Bertz CT molecular complexity index is 590. The molecule has 2 aromatic rings. The second-order valence-electron chi connectivity index (χ2n) is 5.73. The molecule has 1 N–H and O–H groups in total. The Morgan fingerprint density at radius 2 is 2.00 bits per heavy atom. The summed E-state index contributed by atoms with van der Waals surface area (Å²) >= 11 is 0. The maximum absolute atomic E-state index is 4.71. The van der Waals surface area contributed by atoms with Crippen LogP contribution in [0.5, 0.6) is 0 Å². The number of pyridine rings is 1. The molecule has 1 aliphatic carbocycles. The number of hydrogen-bond acceptors (Lipinski definition) is 3. The van der Waals surface area contributed by atoms with Gasteiger partial charge < -0.3 is 10.2 Å². The van der Waals surface area contributed by atoms with Crippen LogP contribution in [0.3, 0.4) is 0 Å². The highest BCUT2D eigenvalue weighted by molar-refractivity contribution is 5.94. The van der Waals surface area contributed by atoms with Gasteiger partial charge in [0.15, 0.2) is 0 Å². The van der Waals surface area contributed by atoms with Crippen molar-refractivity contribution in [3.05, 3.63) is 36.0 Å². The summed E-state index contributed by atoms with van der Waals surface area (Å²) < 4.78 is 0. The van der Waals surface area contributed by atoms with Crippen molar-refractivity contribution in [3.63, 3.8) is 0 Å². The lowest BCUT2D eigenvalue weighted by Gasteiger charge is -2.20. The van der Waals surface area contributed by atoms with Gasteiger partial charge in [0, 0.05) is 37.8 Å². The van der Waals surface area contributed by atoms with E-state index in [-0.39, 0.29) is 0 Å². The lowest BCUT2D eigenvalue weighted by atomic mass is 10.1. The Morgan fingerprint density at radius 3 is 2.70 bits per heavy atom. The summed E-state index contributed by atoms with van der Waals surface area (Å²) in [5.74, 6) is 1.10. The van der Waals surface area contributed by atoms with Crippen LogP contribution >= 0.6 is 0 Å². The Hall–Kier alpha value is -1.61. The summed E-state index contributed by atoms with van der Waals surface area (Å²) in [6.07, 6.45) is 5.82. The zero-order valence-electron chi connectivity index (χ0n) is 12.4. The highest BCUT2D eigenvalue weighted by Crippen LogP contribution is 2.27. The van der Waals surface area contributed by atoms with E-state index in [0.29, 0.717) is 0 Å². The van der Waals surface area contributed by atoms with Crippen molar-refractivity contribution >= 4 is 16.6 Å². The molecule has 1 fully saturated rings. The summed E-state index contributed by atoms with van der Waals surface area (Å²) in [4.78, 5) is 6.96. The first-order valence-corrected chi connectivity index (χ1v) is 7.60. The molecular formula is C17H23N3. The molecule has 0 spiro atoms. The van der Waals surface area contributed by atoms with Gasteiger partial charge in [-0.05, 0) is 30.2 Å². The molecule has 0 atom stereocenters. The zero-order valence-corrected chi connectivity index (χ0v) is 12.4. The summed E-state index contributed by atoms with van der Waals surface area (Å²) in [6, 6.07) is 9.35. The molecule has 1 heterocycles. The molecule has 0 radical (unpaired) electrons. The van der Waals surface area contributed by atoms with Gasteiger partial charge in [-0.25, -0.2) is 4.98 Å². The molecule has 3 rings (SSSR count). The van der Waals surface area contributed by atoms with Crippen LogP contribution in [0.25, 0.3) is 10.8 Å². The van der Waals surface area contributed by atoms with Gasteiger partial charge in [-0.15, -0.1) is 0 Å². The first-order valence-electron chi connectivity index (χ1n) is 7.60. The van der Waals surface area contributed by atoms with Crippen LogP contribution in [-0.2, 0) is 6.54 Å². The number of anilines is 1. The van der Waals surface area contributed by atoms with Crippen LogP contribution in [0.4, 0.5) is 5.82 Å². The quantitative estimate of drug-likeness (QED) is 0.872. The minimum atomic E-state index is 0.733. The number of aromatic nitrogens is 1. The highest BCUT2D eigenvalue weighted by Gasteiger charge is 2.20. The van der Waals surface area contributed by atoms with E-state index in [9.17, 15) is 0 Å². The van der Waals surface area contributed by atoms with E-state index in [0.717, 1.165) is 31.4 Å². The average Bonchev–Trinajstić information content (AvgIpc) is 3.29. The topological polar surface area (TPSA) is 28.2 Å². The maximum Gasteiger partial charge on any atom is 0.136 e. The van der Waals surface area contributed by atoms with Crippen LogP contribution in [0.1, 0.15) is 31.7 Å². The average molecular weight is 269 g/mol. The molecule has 0 bridgehead atoms. The SMILES string of the molecule is CCCN(C)c1ncc(CNC2CC2)c2ccccc12. The molecular weight excluding hydrogens is 246 g/mol. The number of hydrogen-bond donors (Lipinski definition) is 1. The number of nitrogens with zero attached hydrogens (tertiary/aromatic N) is 2. The molecule has 20 heavy (non-hydrogen) atoms. The molecule has 3 nitrogen and oxygen atoms in total. The summed E-state index contributed by atoms with van der Waals surface area (Å²) in [5, 5.41) is 6.18. The largest absolute Gasteiger partial charge is 0.359 e. The van der Waals surface area contributed by atoms with Gasteiger partial charge in [-0.3, -0.25) is 0 Å². The summed E-state index contributed by atoms with van der Waals surface area (Å²) in [6.45, 7) is 4.17. The third kappa shape index (κ3) is 2.78. The third-order valence-corrected chi connectivity index (χ3v) is 3.94. The lowest BCUT2D eigenvalue weighted by molar-refractivity contribution is 0.689. The van der Waals surface area contributed by atoms with Crippen molar-refractivity contribution in [3.8, 4) is 0 Å². The van der Waals surface area contributed by atoms with Gasteiger partial charge in [-0.1, -0.05) is 31.2 Å². The standard InChI is InChI=1S/C17H23N3/c1-3-10-20(2)17-16-7-5-4-6-15(16)13(12-19-17)11-18-14-8-9-14/h4-7,12,14,18H,3,8-11H2,1-2H3.